The minimum absolute atomic E-state index is 0.256. The molecular formula is C17H23NO2. The van der Waals surface area contributed by atoms with Crippen molar-refractivity contribution in [3.05, 3.63) is 41.5 Å². The zero-order chi connectivity index (χ0) is 13.8. The molecule has 2 aliphatic heterocycles. The van der Waals surface area contributed by atoms with Crippen LogP contribution in [0.25, 0.3) is 6.08 Å². The fourth-order valence-corrected chi connectivity index (χ4v) is 3.07. The summed E-state index contributed by atoms with van der Waals surface area (Å²) >= 11 is 0. The van der Waals surface area contributed by atoms with Gasteiger partial charge in [0.2, 0.25) is 0 Å². The van der Waals surface area contributed by atoms with Gasteiger partial charge in [-0.25, -0.2) is 0 Å². The number of ether oxygens (including phenoxy) is 2. The third-order valence-corrected chi connectivity index (χ3v) is 4.12. The summed E-state index contributed by atoms with van der Waals surface area (Å²) in [4.78, 5) is 2.49. The van der Waals surface area contributed by atoms with Gasteiger partial charge in [-0.05, 0) is 12.5 Å². The summed E-state index contributed by atoms with van der Waals surface area (Å²) in [7, 11) is 0. The fourth-order valence-electron chi connectivity index (χ4n) is 3.07. The molecule has 3 rings (SSSR count). The van der Waals surface area contributed by atoms with E-state index in [1.165, 1.54) is 11.1 Å². The summed E-state index contributed by atoms with van der Waals surface area (Å²) in [6.07, 6.45) is 4.25. The van der Waals surface area contributed by atoms with Crippen molar-refractivity contribution in [1.82, 2.24) is 4.90 Å². The lowest BCUT2D eigenvalue weighted by Crippen LogP contribution is -2.45. The number of likely N-dealkylation sites (tertiary alicyclic amines) is 1. The monoisotopic (exact) mass is 273 g/mol. The van der Waals surface area contributed by atoms with Crippen molar-refractivity contribution >= 4 is 6.08 Å². The Balaban J connectivity index is 1.53. The Labute approximate surface area is 121 Å². The van der Waals surface area contributed by atoms with E-state index in [9.17, 15) is 0 Å². The Bertz CT molecular complexity index is 453. The van der Waals surface area contributed by atoms with Crippen LogP contribution in [-0.4, -0.2) is 43.5 Å². The standard InChI is InChI=1S/C17H23NO2/c1-15(13-16-5-3-2-4-6-16)14-18-9-7-17(8-10-18)19-11-12-20-17/h2-6,13H,7-12,14H2,1H3/b15-13+. The average molecular weight is 273 g/mol. The first-order chi connectivity index (χ1) is 9.76. The van der Waals surface area contributed by atoms with Crippen LogP contribution in [0.5, 0.6) is 0 Å². The molecule has 2 heterocycles. The van der Waals surface area contributed by atoms with Gasteiger partial charge >= 0.3 is 0 Å². The van der Waals surface area contributed by atoms with Gasteiger partial charge in [0.1, 0.15) is 0 Å². The minimum Gasteiger partial charge on any atom is -0.347 e. The smallest absolute Gasteiger partial charge is 0.170 e. The molecule has 0 aromatic heterocycles. The number of nitrogens with zero attached hydrogens (tertiary/aromatic N) is 1. The summed E-state index contributed by atoms with van der Waals surface area (Å²) < 4.78 is 11.5. The molecule has 1 spiro atoms. The van der Waals surface area contributed by atoms with E-state index in [1.54, 1.807) is 0 Å². The molecule has 0 amide bonds. The lowest BCUT2D eigenvalue weighted by atomic mass is 10.0. The zero-order valence-electron chi connectivity index (χ0n) is 12.2. The van der Waals surface area contributed by atoms with Crippen molar-refractivity contribution in [2.45, 2.75) is 25.6 Å². The molecule has 0 aliphatic carbocycles. The van der Waals surface area contributed by atoms with Gasteiger partial charge in [-0.3, -0.25) is 4.90 Å². The minimum atomic E-state index is -0.256. The van der Waals surface area contributed by atoms with Crippen molar-refractivity contribution in [2.24, 2.45) is 0 Å². The molecule has 0 atom stereocenters. The third-order valence-electron chi connectivity index (χ3n) is 4.12. The van der Waals surface area contributed by atoms with Crippen molar-refractivity contribution in [2.75, 3.05) is 32.8 Å². The van der Waals surface area contributed by atoms with E-state index in [-0.39, 0.29) is 5.79 Å². The molecule has 0 unspecified atom stereocenters. The Morgan fingerprint density at radius 1 is 1.15 bits per heavy atom. The molecule has 20 heavy (non-hydrogen) atoms. The van der Waals surface area contributed by atoms with Crippen molar-refractivity contribution in [3.63, 3.8) is 0 Å². The van der Waals surface area contributed by atoms with E-state index in [0.717, 1.165) is 45.7 Å². The maximum Gasteiger partial charge on any atom is 0.170 e. The highest BCUT2D eigenvalue weighted by Gasteiger charge is 2.39. The fraction of sp³-hybridized carbons (Fsp3) is 0.529. The van der Waals surface area contributed by atoms with Gasteiger partial charge in [-0.1, -0.05) is 42.0 Å². The Kier molecular flexibility index (Phi) is 4.20. The predicted octanol–water partition coefficient (Wildman–Crippen LogP) is 2.93. The van der Waals surface area contributed by atoms with E-state index in [2.05, 4.69) is 48.2 Å². The van der Waals surface area contributed by atoms with Crippen LogP contribution >= 0.6 is 0 Å². The molecule has 3 nitrogen and oxygen atoms in total. The van der Waals surface area contributed by atoms with Crippen molar-refractivity contribution in [1.29, 1.82) is 0 Å². The highest BCUT2D eigenvalue weighted by Crippen LogP contribution is 2.31. The summed E-state index contributed by atoms with van der Waals surface area (Å²) in [5.41, 5.74) is 2.68. The van der Waals surface area contributed by atoms with Crippen LogP contribution in [-0.2, 0) is 9.47 Å². The van der Waals surface area contributed by atoms with Crippen LogP contribution in [0.3, 0.4) is 0 Å². The number of rotatable bonds is 3. The molecule has 0 radical (unpaired) electrons. The quantitative estimate of drug-likeness (QED) is 0.845. The highest BCUT2D eigenvalue weighted by atomic mass is 16.7. The van der Waals surface area contributed by atoms with E-state index < -0.39 is 0 Å². The van der Waals surface area contributed by atoms with Gasteiger partial charge in [0, 0.05) is 32.5 Å². The van der Waals surface area contributed by atoms with Crippen LogP contribution in [0, 0.1) is 0 Å². The zero-order valence-corrected chi connectivity index (χ0v) is 12.2. The van der Waals surface area contributed by atoms with E-state index >= 15 is 0 Å². The van der Waals surface area contributed by atoms with Gasteiger partial charge in [-0.15, -0.1) is 0 Å². The normalized spacial score (nSPS) is 23.4. The molecule has 0 N–H and O–H groups in total. The Morgan fingerprint density at radius 3 is 2.45 bits per heavy atom. The second-order valence-electron chi connectivity index (χ2n) is 5.79. The van der Waals surface area contributed by atoms with Crippen LogP contribution in [0.2, 0.25) is 0 Å². The summed E-state index contributed by atoms with van der Waals surface area (Å²) in [6.45, 7) is 6.87. The van der Waals surface area contributed by atoms with Crippen molar-refractivity contribution in [3.8, 4) is 0 Å². The number of hydrogen-bond acceptors (Lipinski definition) is 3. The second-order valence-corrected chi connectivity index (χ2v) is 5.79. The van der Waals surface area contributed by atoms with Gasteiger partial charge in [0.25, 0.3) is 0 Å². The largest absolute Gasteiger partial charge is 0.347 e. The molecule has 0 saturated carbocycles. The summed E-state index contributed by atoms with van der Waals surface area (Å²) in [6, 6.07) is 10.5. The van der Waals surface area contributed by atoms with E-state index in [0.29, 0.717) is 0 Å². The second kappa shape index (κ2) is 6.08. The lowest BCUT2D eigenvalue weighted by Gasteiger charge is -2.37. The first-order valence-electron chi connectivity index (χ1n) is 7.48. The van der Waals surface area contributed by atoms with Gasteiger partial charge < -0.3 is 9.47 Å². The first-order valence-corrected chi connectivity index (χ1v) is 7.48. The maximum atomic E-state index is 5.77. The first kappa shape index (κ1) is 13.8. The SMILES string of the molecule is C/C(=C\c1ccccc1)CN1CCC2(CC1)OCCO2. The van der Waals surface area contributed by atoms with Gasteiger partial charge in [-0.2, -0.15) is 0 Å². The van der Waals surface area contributed by atoms with Gasteiger partial charge in [0.05, 0.1) is 13.2 Å². The molecular weight excluding hydrogens is 250 g/mol. The average Bonchev–Trinajstić information content (AvgIpc) is 2.91. The number of benzene rings is 1. The summed E-state index contributed by atoms with van der Waals surface area (Å²) in [5, 5.41) is 0. The van der Waals surface area contributed by atoms with E-state index in [1.807, 2.05) is 0 Å². The van der Waals surface area contributed by atoms with Gasteiger partial charge in [0.15, 0.2) is 5.79 Å². The van der Waals surface area contributed by atoms with E-state index in [4.69, 9.17) is 9.47 Å². The molecule has 0 bridgehead atoms. The Morgan fingerprint density at radius 2 is 1.80 bits per heavy atom. The van der Waals surface area contributed by atoms with Crippen LogP contribution in [0.4, 0.5) is 0 Å². The number of piperidine rings is 1. The molecule has 108 valence electrons. The summed E-state index contributed by atoms with van der Waals surface area (Å²) in [5.74, 6) is -0.256. The van der Waals surface area contributed by atoms with Crippen molar-refractivity contribution < 1.29 is 9.47 Å². The number of hydrogen-bond donors (Lipinski definition) is 0. The molecule has 1 aromatic carbocycles. The lowest BCUT2D eigenvalue weighted by molar-refractivity contribution is -0.184. The molecule has 2 saturated heterocycles. The maximum absolute atomic E-state index is 5.77. The molecule has 2 aliphatic rings. The molecule has 3 heteroatoms. The Hall–Kier alpha value is -1.16. The topological polar surface area (TPSA) is 21.7 Å². The van der Waals surface area contributed by atoms with Crippen LogP contribution in [0.1, 0.15) is 25.3 Å². The highest BCUT2D eigenvalue weighted by molar-refractivity contribution is 5.52. The molecule has 2 fully saturated rings. The predicted molar refractivity (Wildman–Crippen MR) is 80.4 cm³/mol. The third kappa shape index (κ3) is 3.29. The van der Waals surface area contributed by atoms with Crippen LogP contribution in [0.15, 0.2) is 35.9 Å². The molecule has 1 aromatic rings. The van der Waals surface area contributed by atoms with Crippen LogP contribution < -0.4 is 0 Å².